The molecule has 4 heteroatoms. The van der Waals surface area contributed by atoms with E-state index in [4.69, 9.17) is 9.84 Å². The number of rotatable bonds is 4. The third kappa shape index (κ3) is 3.21. The summed E-state index contributed by atoms with van der Waals surface area (Å²) in [5.74, 6) is 2.01. The Bertz CT molecular complexity index is 601. The van der Waals surface area contributed by atoms with E-state index in [9.17, 15) is 9.59 Å². The van der Waals surface area contributed by atoms with Gasteiger partial charge in [0.15, 0.2) is 0 Å². The maximum Gasteiger partial charge on any atom is 0.306 e. The van der Waals surface area contributed by atoms with E-state index in [1.165, 1.54) is 51.4 Å². The monoisotopic (exact) mass is 376 g/mol. The number of esters is 1. The van der Waals surface area contributed by atoms with Gasteiger partial charge in [0.2, 0.25) is 0 Å². The van der Waals surface area contributed by atoms with Crippen molar-refractivity contribution in [1.29, 1.82) is 0 Å². The van der Waals surface area contributed by atoms with Crippen molar-refractivity contribution < 1.29 is 19.4 Å². The van der Waals surface area contributed by atoms with Crippen LogP contribution in [0, 0.1) is 34.5 Å². The summed E-state index contributed by atoms with van der Waals surface area (Å²) >= 11 is 0. The number of carboxylic acids is 1. The lowest BCUT2D eigenvalue weighted by Crippen LogP contribution is -2.53. The lowest BCUT2D eigenvalue weighted by atomic mass is 9.45. The molecule has 4 nitrogen and oxygen atoms in total. The van der Waals surface area contributed by atoms with E-state index in [0.29, 0.717) is 11.3 Å². The number of hydrogen-bond donors (Lipinski definition) is 1. The van der Waals surface area contributed by atoms with Crippen LogP contribution in [-0.4, -0.2) is 23.1 Å². The van der Waals surface area contributed by atoms with Gasteiger partial charge in [0.05, 0.1) is 12.8 Å². The Morgan fingerprint density at radius 1 is 0.889 bits per heavy atom. The molecule has 0 bridgehead atoms. The minimum Gasteiger partial charge on any atom is -0.481 e. The number of carbonyl (C=O) groups excluding carboxylic acids is 1. The standard InChI is InChI=1S/C23H36O4/c1-22-13-4-3-5-15(22)6-7-16-17-8-9-19(23(17,2)14-12-18(16)22)27-21(26)11-10-20(24)25/h15-19H,3-14H2,1-2H3,(H,24,25)/t15-,16-,17-,18+,19+,22+,23+/m1/s1. The maximum atomic E-state index is 12.2. The lowest BCUT2D eigenvalue weighted by Gasteiger charge is -2.60. The molecule has 4 aliphatic carbocycles. The molecule has 152 valence electrons. The molecule has 4 aliphatic rings. The topological polar surface area (TPSA) is 63.6 Å². The fourth-order valence-corrected chi connectivity index (χ4v) is 7.87. The predicted octanol–water partition coefficient (Wildman–Crippen LogP) is 5.20. The summed E-state index contributed by atoms with van der Waals surface area (Å²) in [6, 6.07) is 0. The summed E-state index contributed by atoms with van der Waals surface area (Å²) in [4.78, 5) is 22.9. The molecule has 0 aromatic heterocycles. The van der Waals surface area contributed by atoms with Gasteiger partial charge in [0.25, 0.3) is 0 Å². The molecule has 0 amide bonds. The van der Waals surface area contributed by atoms with Gasteiger partial charge < -0.3 is 9.84 Å². The van der Waals surface area contributed by atoms with Crippen molar-refractivity contribution in [3.63, 3.8) is 0 Å². The van der Waals surface area contributed by atoms with E-state index in [0.717, 1.165) is 30.6 Å². The van der Waals surface area contributed by atoms with Crippen LogP contribution in [0.2, 0.25) is 0 Å². The van der Waals surface area contributed by atoms with Gasteiger partial charge in [-0.2, -0.15) is 0 Å². The van der Waals surface area contributed by atoms with Crippen molar-refractivity contribution in [2.75, 3.05) is 0 Å². The highest BCUT2D eigenvalue weighted by Crippen LogP contribution is 2.66. The van der Waals surface area contributed by atoms with Gasteiger partial charge in [-0.25, -0.2) is 0 Å². The summed E-state index contributed by atoms with van der Waals surface area (Å²) in [6.45, 7) is 4.94. The molecular formula is C23H36O4. The molecule has 0 spiro atoms. The van der Waals surface area contributed by atoms with Crippen LogP contribution in [0.15, 0.2) is 0 Å². The fourth-order valence-electron chi connectivity index (χ4n) is 7.87. The van der Waals surface area contributed by atoms with Gasteiger partial charge in [-0.3, -0.25) is 9.59 Å². The second-order valence-corrected chi connectivity index (χ2v) is 10.4. The van der Waals surface area contributed by atoms with E-state index >= 15 is 0 Å². The molecule has 4 fully saturated rings. The Hall–Kier alpha value is -1.06. The van der Waals surface area contributed by atoms with E-state index < -0.39 is 5.97 Å². The molecule has 0 aromatic rings. The largest absolute Gasteiger partial charge is 0.481 e. The van der Waals surface area contributed by atoms with E-state index in [1.807, 2.05) is 0 Å². The highest BCUT2D eigenvalue weighted by molar-refractivity contribution is 5.76. The Morgan fingerprint density at radius 3 is 2.44 bits per heavy atom. The smallest absolute Gasteiger partial charge is 0.306 e. The van der Waals surface area contributed by atoms with E-state index in [2.05, 4.69) is 13.8 Å². The third-order valence-corrected chi connectivity index (χ3v) is 9.31. The van der Waals surface area contributed by atoms with Crippen molar-refractivity contribution >= 4 is 11.9 Å². The molecule has 4 rings (SSSR count). The van der Waals surface area contributed by atoms with Gasteiger partial charge >= 0.3 is 11.9 Å². The molecular weight excluding hydrogens is 340 g/mol. The van der Waals surface area contributed by atoms with Crippen molar-refractivity contribution in [3.05, 3.63) is 0 Å². The first-order valence-corrected chi connectivity index (χ1v) is 11.3. The molecule has 0 heterocycles. The van der Waals surface area contributed by atoms with Crippen LogP contribution in [0.4, 0.5) is 0 Å². The van der Waals surface area contributed by atoms with E-state index in [-0.39, 0.29) is 30.3 Å². The van der Waals surface area contributed by atoms with Crippen LogP contribution < -0.4 is 0 Å². The molecule has 0 aromatic carbocycles. The molecule has 0 saturated heterocycles. The molecule has 27 heavy (non-hydrogen) atoms. The minimum atomic E-state index is -0.930. The normalized spacial score (nSPS) is 46.1. The lowest BCUT2D eigenvalue weighted by molar-refractivity contribution is -0.164. The summed E-state index contributed by atoms with van der Waals surface area (Å²) < 4.78 is 5.84. The average molecular weight is 377 g/mol. The minimum absolute atomic E-state index is 0.00160. The van der Waals surface area contributed by atoms with Crippen LogP contribution in [0.5, 0.6) is 0 Å². The maximum absolute atomic E-state index is 12.2. The summed E-state index contributed by atoms with van der Waals surface area (Å²) in [5, 5.41) is 8.80. The Morgan fingerprint density at radius 2 is 1.67 bits per heavy atom. The number of carboxylic acid groups (broad SMARTS) is 1. The van der Waals surface area contributed by atoms with Gasteiger partial charge in [-0.05, 0) is 80.5 Å². The number of carbonyl (C=O) groups is 2. The predicted molar refractivity (Wildman–Crippen MR) is 103 cm³/mol. The van der Waals surface area contributed by atoms with Crippen LogP contribution in [-0.2, 0) is 14.3 Å². The van der Waals surface area contributed by atoms with Gasteiger partial charge in [-0.1, -0.05) is 26.7 Å². The van der Waals surface area contributed by atoms with Crippen LogP contribution in [0.25, 0.3) is 0 Å². The first kappa shape index (κ1) is 19.3. The zero-order valence-corrected chi connectivity index (χ0v) is 17.0. The second kappa shape index (κ2) is 7.08. The van der Waals surface area contributed by atoms with Gasteiger partial charge in [0.1, 0.15) is 6.10 Å². The SMILES string of the molecule is C[C@]12CCCC[C@@H]1CC[C@@H]1[C@H]3CC[C@H](OC(=O)CCC(=O)O)[C@@]3(C)CC[C@@H]12. The molecule has 1 N–H and O–H groups in total. The van der Waals surface area contributed by atoms with Crippen LogP contribution >= 0.6 is 0 Å². The van der Waals surface area contributed by atoms with Crippen molar-refractivity contribution in [1.82, 2.24) is 0 Å². The first-order valence-electron chi connectivity index (χ1n) is 11.3. The van der Waals surface area contributed by atoms with Crippen molar-refractivity contribution in [2.45, 2.75) is 97.0 Å². The summed E-state index contributed by atoms with van der Waals surface area (Å²) in [5.41, 5.74) is 0.636. The van der Waals surface area contributed by atoms with Gasteiger partial charge in [0, 0.05) is 5.41 Å². The third-order valence-electron chi connectivity index (χ3n) is 9.31. The number of aliphatic carboxylic acids is 1. The van der Waals surface area contributed by atoms with Crippen molar-refractivity contribution in [3.8, 4) is 0 Å². The van der Waals surface area contributed by atoms with E-state index in [1.54, 1.807) is 0 Å². The fraction of sp³-hybridized carbons (Fsp3) is 0.913. The molecule has 7 atom stereocenters. The number of fused-ring (bicyclic) bond motifs is 5. The van der Waals surface area contributed by atoms with Crippen molar-refractivity contribution in [2.24, 2.45) is 34.5 Å². The summed E-state index contributed by atoms with van der Waals surface area (Å²) in [6.07, 6.45) is 12.9. The zero-order chi connectivity index (χ0) is 19.2. The quantitative estimate of drug-likeness (QED) is 0.685. The first-order chi connectivity index (χ1) is 12.8. The zero-order valence-electron chi connectivity index (χ0n) is 17.0. The Kier molecular flexibility index (Phi) is 5.05. The molecule has 4 saturated carbocycles. The Balaban J connectivity index is 1.46. The van der Waals surface area contributed by atoms with Gasteiger partial charge in [-0.15, -0.1) is 0 Å². The number of hydrogen-bond acceptors (Lipinski definition) is 3. The molecule has 0 radical (unpaired) electrons. The van der Waals surface area contributed by atoms with Crippen LogP contribution in [0.1, 0.15) is 90.9 Å². The Labute approximate surface area is 163 Å². The molecule has 0 aliphatic heterocycles. The number of ether oxygens (including phenoxy) is 1. The summed E-state index contributed by atoms with van der Waals surface area (Å²) in [7, 11) is 0. The molecule has 0 unspecified atom stereocenters. The average Bonchev–Trinajstić information content (AvgIpc) is 2.96. The second-order valence-electron chi connectivity index (χ2n) is 10.4. The highest BCUT2D eigenvalue weighted by Gasteiger charge is 2.60. The highest BCUT2D eigenvalue weighted by atomic mass is 16.5. The van der Waals surface area contributed by atoms with Crippen LogP contribution in [0.3, 0.4) is 0 Å².